The number of carbonyl (C=O) groups excluding carboxylic acids is 2. The lowest BCUT2D eigenvalue weighted by molar-refractivity contribution is -0.166. The number of esters is 1. The number of hydrogen-bond acceptors (Lipinski definition) is 4. The molecule has 0 aromatic heterocycles. The van der Waals surface area contributed by atoms with Crippen molar-refractivity contribution in [3.63, 3.8) is 0 Å². The summed E-state index contributed by atoms with van der Waals surface area (Å²) < 4.78 is 5.56. The zero-order valence-corrected chi connectivity index (χ0v) is 17.2. The van der Waals surface area contributed by atoms with Gasteiger partial charge in [0.2, 0.25) is 5.91 Å². The zero-order chi connectivity index (χ0) is 20.2. The maximum Gasteiger partial charge on any atom is 0.329 e. The quantitative estimate of drug-likeness (QED) is 0.793. The van der Waals surface area contributed by atoms with E-state index >= 15 is 0 Å². The third kappa shape index (κ3) is 3.48. The van der Waals surface area contributed by atoms with E-state index < -0.39 is 12.1 Å². The van der Waals surface area contributed by atoms with Gasteiger partial charge in [0.25, 0.3) is 0 Å². The van der Waals surface area contributed by atoms with Crippen LogP contribution in [0.1, 0.15) is 56.1 Å². The summed E-state index contributed by atoms with van der Waals surface area (Å²) in [5.41, 5.74) is 1.79. The van der Waals surface area contributed by atoms with E-state index in [1.807, 2.05) is 31.2 Å². The number of amides is 1. The van der Waals surface area contributed by atoms with Crippen molar-refractivity contribution in [2.45, 2.75) is 70.6 Å². The molecule has 5 fully saturated rings. The molecular formula is C24H31NO4. The van der Waals surface area contributed by atoms with E-state index in [4.69, 9.17) is 4.74 Å². The van der Waals surface area contributed by atoms with E-state index in [0.29, 0.717) is 17.8 Å². The molecule has 0 spiro atoms. The number of aryl methyl sites for hydroxylation is 1. The molecule has 29 heavy (non-hydrogen) atoms. The van der Waals surface area contributed by atoms with Crippen LogP contribution < -0.4 is 0 Å². The highest BCUT2D eigenvalue weighted by molar-refractivity contribution is 5.89. The molecular weight excluding hydrogens is 366 g/mol. The SMILES string of the molecule is Cc1ccc(COC(=O)[C@@H]2C[C@H](O)CN2C(=O)C23CC4CC(CC(C4)C2)C3)cc1. The Balaban J connectivity index is 1.29. The number of carbonyl (C=O) groups is 2. The fourth-order valence-electron chi connectivity index (χ4n) is 6.87. The highest BCUT2D eigenvalue weighted by Crippen LogP contribution is 2.60. The van der Waals surface area contributed by atoms with E-state index in [-0.39, 0.29) is 36.9 Å². The molecule has 5 heteroatoms. The van der Waals surface area contributed by atoms with Gasteiger partial charge in [0, 0.05) is 13.0 Å². The minimum absolute atomic E-state index is 0.102. The number of aliphatic hydroxyl groups is 1. The second-order valence-electron chi connectivity index (χ2n) is 10.2. The normalized spacial score (nSPS) is 37.7. The van der Waals surface area contributed by atoms with Crippen molar-refractivity contribution in [3.05, 3.63) is 35.4 Å². The van der Waals surface area contributed by atoms with Gasteiger partial charge in [0.15, 0.2) is 0 Å². The summed E-state index contributed by atoms with van der Waals surface area (Å²) in [6.07, 6.45) is 6.36. The van der Waals surface area contributed by atoms with E-state index in [1.54, 1.807) is 4.90 Å². The molecule has 1 aliphatic heterocycles. The summed E-state index contributed by atoms with van der Waals surface area (Å²) in [5, 5.41) is 10.3. The van der Waals surface area contributed by atoms with Gasteiger partial charge in [-0.3, -0.25) is 4.79 Å². The number of hydrogen-bond donors (Lipinski definition) is 1. The minimum Gasteiger partial charge on any atom is -0.459 e. The molecule has 1 aromatic rings. The maximum absolute atomic E-state index is 13.7. The molecule has 4 aliphatic carbocycles. The van der Waals surface area contributed by atoms with Crippen LogP contribution in [0.2, 0.25) is 0 Å². The Kier molecular flexibility index (Phi) is 4.69. The summed E-state index contributed by atoms with van der Waals surface area (Å²) in [4.78, 5) is 28.2. The standard InChI is InChI=1S/C24H31NO4/c1-15-2-4-16(5-3-15)14-29-22(27)21-9-20(26)13-25(21)23(28)24-10-17-6-18(11-24)8-19(7-17)12-24/h2-5,17-21,26H,6-14H2,1H3/t17?,18?,19?,20-,21-,24?/m0/s1. The number of nitrogens with zero attached hydrogens (tertiary/aromatic N) is 1. The van der Waals surface area contributed by atoms with Crippen molar-refractivity contribution in [1.29, 1.82) is 0 Å². The third-order valence-electron chi connectivity index (χ3n) is 7.81. The highest BCUT2D eigenvalue weighted by atomic mass is 16.5. The van der Waals surface area contributed by atoms with E-state index in [1.165, 1.54) is 19.3 Å². The molecule has 1 amide bonds. The molecule has 4 saturated carbocycles. The minimum atomic E-state index is -0.657. The number of aliphatic hydroxyl groups excluding tert-OH is 1. The zero-order valence-electron chi connectivity index (χ0n) is 17.2. The first-order valence-corrected chi connectivity index (χ1v) is 11.1. The van der Waals surface area contributed by atoms with Crippen LogP contribution in [0, 0.1) is 30.1 Å². The van der Waals surface area contributed by atoms with Crippen molar-refractivity contribution in [3.8, 4) is 0 Å². The summed E-state index contributed by atoms with van der Waals surface area (Å²) >= 11 is 0. The average molecular weight is 398 g/mol. The Morgan fingerprint density at radius 2 is 1.62 bits per heavy atom. The van der Waals surface area contributed by atoms with Gasteiger partial charge in [0.1, 0.15) is 12.6 Å². The van der Waals surface area contributed by atoms with Gasteiger partial charge in [-0.25, -0.2) is 4.79 Å². The predicted molar refractivity (Wildman–Crippen MR) is 108 cm³/mol. The molecule has 2 atom stereocenters. The highest BCUT2D eigenvalue weighted by Gasteiger charge is 2.57. The van der Waals surface area contributed by atoms with Gasteiger partial charge < -0.3 is 14.7 Å². The topological polar surface area (TPSA) is 66.8 Å². The van der Waals surface area contributed by atoms with Crippen molar-refractivity contribution >= 4 is 11.9 Å². The lowest BCUT2D eigenvalue weighted by Gasteiger charge is -2.56. The molecule has 5 nitrogen and oxygen atoms in total. The fraction of sp³-hybridized carbons (Fsp3) is 0.667. The second-order valence-corrected chi connectivity index (χ2v) is 10.2. The van der Waals surface area contributed by atoms with Gasteiger partial charge in [-0.2, -0.15) is 0 Å². The molecule has 0 radical (unpaired) electrons. The van der Waals surface area contributed by atoms with E-state index in [0.717, 1.165) is 30.4 Å². The van der Waals surface area contributed by atoms with Crippen LogP contribution in [-0.2, 0) is 20.9 Å². The number of likely N-dealkylation sites (tertiary alicyclic amines) is 1. The summed E-state index contributed by atoms with van der Waals surface area (Å²) in [5.74, 6) is 1.73. The van der Waals surface area contributed by atoms with Gasteiger partial charge in [-0.1, -0.05) is 29.8 Å². The lowest BCUT2D eigenvalue weighted by Crippen LogP contribution is -2.56. The van der Waals surface area contributed by atoms with Crippen LogP contribution in [0.15, 0.2) is 24.3 Å². The van der Waals surface area contributed by atoms with Gasteiger partial charge >= 0.3 is 5.97 Å². The van der Waals surface area contributed by atoms with Gasteiger partial charge in [0.05, 0.1) is 11.5 Å². The largest absolute Gasteiger partial charge is 0.459 e. The van der Waals surface area contributed by atoms with Crippen molar-refractivity contribution < 1.29 is 19.4 Å². The van der Waals surface area contributed by atoms with Crippen LogP contribution in [0.4, 0.5) is 0 Å². The fourth-order valence-corrected chi connectivity index (χ4v) is 6.87. The van der Waals surface area contributed by atoms with E-state index in [9.17, 15) is 14.7 Å². The maximum atomic E-state index is 13.7. The Labute approximate surface area is 172 Å². The molecule has 1 saturated heterocycles. The first-order chi connectivity index (χ1) is 13.9. The number of β-amino-alcohol motifs (C(OH)–C–C–N with tert-alkyl or cyclic N) is 1. The van der Waals surface area contributed by atoms with E-state index in [2.05, 4.69) is 0 Å². The number of benzene rings is 1. The molecule has 0 unspecified atom stereocenters. The first kappa shape index (κ1) is 19.1. The molecule has 6 rings (SSSR count). The summed E-state index contributed by atoms with van der Waals surface area (Å²) in [7, 11) is 0. The smallest absolute Gasteiger partial charge is 0.329 e. The molecule has 5 aliphatic rings. The Bertz CT molecular complexity index is 766. The number of rotatable bonds is 4. The third-order valence-corrected chi connectivity index (χ3v) is 7.81. The van der Waals surface area contributed by atoms with Gasteiger partial charge in [-0.15, -0.1) is 0 Å². The van der Waals surface area contributed by atoms with Crippen LogP contribution in [0.25, 0.3) is 0 Å². The summed E-state index contributed by atoms with van der Waals surface area (Å²) in [6.45, 7) is 2.47. The van der Waals surface area contributed by atoms with Gasteiger partial charge in [-0.05, 0) is 68.8 Å². The molecule has 1 N–H and O–H groups in total. The first-order valence-electron chi connectivity index (χ1n) is 11.1. The summed E-state index contributed by atoms with van der Waals surface area (Å²) in [6, 6.07) is 7.22. The van der Waals surface area contributed by atoms with Crippen molar-refractivity contribution in [1.82, 2.24) is 4.90 Å². The number of ether oxygens (including phenoxy) is 1. The Morgan fingerprint density at radius 3 is 2.21 bits per heavy atom. The second kappa shape index (κ2) is 7.12. The van der Waals surface area contributed by atoms with Crippen LogP contribution >= 0.6 is 0 Å². The lowest BCUT2D eigenvalue weighted by atomic mass is 9.49. The molecule has 1 aromatic carbocycles. The predicted octanol–water partition coefficient (Wildman–Crippen LogP) is 3.22. The van der Waals surface area contributed by atoms with Crippen LogP contribution in [0.5, 0.6) is 0 Å². The Morgan fingerprint density at radius 1 is 1.03 bits per heavy atom. The molecule has 156 valence electrons. The van der Waals surface area contributed by atoms with Crippen LogP contribution in [0.3, 0.4) is 0 Å². The molecule has 4 bridgehead atoms. The molecule has 1 heterocycles. The van der Waals surface area contributed by atoms with Crippen LogP contribution in [-0.4, -0.2) is 40.6 Å². The Hall–Kier alpha value is -1.88. The monoisotopic (exact) mass is 397 g/mol. The average Bonchev–Trinajstić information content (AvgIpc) is 3.07. The van der Waals surface area contributed by atoms with Crippen molar-refractivity contribution in [2.75, 3.05) is 6.54 Å². The van der Waals surface area contributed by atoms with Crippen molar-refractivity contribution in [2.24, 2.45) is 23.2 Å².